The Balaban J connectivity index is 0.00000144. The van der Waals surface area contributed by atoms with Gasteiger partial charge in [-0.15, -0.1) is 12.4 Å². The summed E-state index contributed by atoms with van der Waals surface area (Å²) in [5, 5.41) is 9.15. The molecule has 1 spiro atoms. The third kappa shape index (κ3) is 3.12. The first-order chi connectivity index (χ1) is 7.67. The van der Waals surface area contributed by atoms with E-state index in [9.17, 15) is 4.79 Å². The highest BCUT2D eigenvalue weighted by Gasteiger charge is 2.42. The number of halogens is 1. The van der Waals surface area contributed by atoms with Gasteiger partial charge < -0.3 is 9.84 Å². The van der Waals surface area contributed by atoms with E-state index >= 15 is 0 Å². The van der Waals surface area contributed by atoms with Crippen molar-refractivity contribution in [3.8, 4) is 0 Å². The maximum absolute atomic E-state index is 11.1. The number of carbonyl (C=O) groups is 1. The summed E-state index contributed by atoms with van der Waals surface area (Å²) in [4.78, 5) is 13.3. The van der Waals surface area contributed by atoms with Gasteiger partial charge in [-0.2, -0.15) is 0 Å². The second kappa shape index (κ2) is 6.03. The van der Waals surface area contributed by atoms with Gasteiger partial charge in [-0.3, -0.25) is 9.69 Å². The highest BCUT2D eigenvalue weighted by molar-refractivity contribution is 5.85. The molecule has 2 aliphatic rings. The van der Waals surface area contributed by atoms with Crippen LogP contribution in [0.2, 0.25) is 0 Å². The quantitative estimate of drug-likeness (QED) is 0.843. The molecule has 0 aromatic rings. The van der Waals surface area contributed by atoms with Gasteiger partial charge in [0.25, 0.3) is 0 Å². The van der Waals surface area contributed by atoms with Crippen molar-refractivity contribution < 1.29 is 14.6 Å². The van der Waals surface area contributed by atoms with Crippen molar-refractivity contribution in [3.05, 3.63) is 0 Å². The lowest BCUT2D eigenvalue weighted by Crippen LogP contribution is -2.41. The average molecular weight is 264 g/mol. The minimum Gasteiger partial charge on any atom is -0.480 e. The number of carboxylic acids is 1. The molecule has 0 aliphatic carbocycles. The lowest BCUT2D eigenvalue weighted by atomic mass is 9.79. The zero-order chi connectivity index (χ0) is 11.6. The van der Waals surface area contributed by atoms with Crippen LogP contribution in [0, 0.1) is 5.41 Å². The Bertz CT molecular complexity index is 266. The molecule has 2 aliphatic heterocycles. The minimum absolute atomic E-state index is 0. The second-order valence-corrected chi connectivity index (χ2v) is 5.10. The predicted octanol–water partition coefficient (Wildman–Crippen LogP) is 1.77. The summed E-state index contributed by atoms with van der Waals surface area (Å²) in [5.74, 6) is -0.674. The summed E-state index contributed by atoms with van der Waals surface area (Å²) in [6.07, 6.45) is 4.03. The Morgan fingerprint density at radius 3 is 2.59 bits per heavy atom. The van der Waals surface area contributed by atoms with Gasteiger partial charge in [0.15, 0.2) is 0 Å². The van der Waals surface area contributed by atoms with E-state index in [-0.39, 0.29) is 18.4 Å². The van der Waals surface area contributed by atoms with Gasteiger partial charge in [-0.1, -0.05) is 6.92 Å². The molecule has 1 unspecified atom stereocenters. The molecule has 1 atom stereocenters. The van der Waals surface area contributed by atoms with Crippen molar-refractivity contribution in [3.63, 3.8) is 0 Å². The second-order valence-electron chi connectivity index (χ2n) is 5.10. The Kier molecular flexibility index (Phi) is 5.22. The normalized spacial score (nSPS) is 25.5. The van der Waals surface area contributed by atoms with Crippen LogP contribution in [-0.4, -0.2) is 48.3 Å². The van der Waals surface area contributed by atoms with E-state index in [2.05, 4.69) is 4.90 Å². The van der Waals surface area contributed by atoms with Crippen molar-refractivity contribution in [2.45, 2.75) is 38.6 Å². The summed E-state index contributed by atoms with van der Waals surface area (Å²) in [6, 6.07) is -0.290. The molecule has 0 saturated carbocycles. The molecule has 5 heteroatoms. The zero-order valence-corrected chi connectivity index (χ0v) is 11.2. The van der Waals surface area contributed by atoms with Crippen LogP contribution in [0.15, 0.2) is 0 Å². The lowest BCUT2D eigenvalue weighted by Gasteiger charge is -2.34. The molecule has 2 heterocycles. The number of hydrogen-bond donors (Lipinski definition) is 1. The van der Waals surface area contributed by atoms with Crippen molar-refractivity contribution in [1.82, 2.24) is 4.90 Å². The molecular formula is C12H22ClNO3. The van der Waals surface area contributed by atoms with Gasteiger partial charge in [0.05, 0.1) is 0 Å². The van der Waals surface area contributed by atoms with Crippen LogP contribution in [0.1, 0.15) is 32.6 Å². The van der Waals surface area contributed by atoms with Gasteiger partial charge in [0.2, 0.25) is 0 Å². The highest BCUT2D eigenvalue weighted by atomic mass is 35.5. The Morgan fingerprint density at radius 2 is 2.06 bits per heavy atom. The third-order valence-electron chi connectivity index (χ3n) is 4.13. The number of hydrogen-bond acceptors (Lipinski definition) is 3. The van der Waals surface area contributed by atoms with Crippen LogP contribution in [0.4, 0.5) is 0 Å². The molecular weight excluding hydrogens is 242 g/mol. The van der Waals surface area contributed by atoms with Gasteiger partial charge in [0.1, 0.15) is 6.04 Å². The molecule has 0 bridgehead atoms. The average Bonchev–Trinajstić information content (AvgIpc) is 2.64. The van der Waals surface area contributed by atoms with Gasteiger partial charge in [-0.05, 0) is 37.6 Å². The first-order valence-corrected chi connectivity index (χ1v) is 6.21. The van der Waals surface area contributed by atoms with Crippen LogP contribution >= 0.6 is 12.4 Å². The molecule has 0 aromatic heterocycles. The van der Waals surface area contributed by atoms with Crippen molar-refractivity contribution >= 4 is 18.4 Å². The van der Waals surface area contributed by atoms with E-state index in [1.165, 1.54) is 0 Å². The number of rotatable bonds is 3. The molecule has 4 nitrogen and oxygen atoms in total. The molecule has 0 amide bonds. The van der Waals surface area contributed by atoms with E-state index in [1.807, 2.05) is 6.92 Å². The number of nitrogens with zero attached hydrogens (tertiary/aromatic N) is 1. The molecule has 100 valence electrons. The van der Waals surface area contributed by atoms with E-state index in [0.717, 1.165) is 45.6 Å². The number of carboxylic acid groups (broad SMARTS) is 1. The summed E-state index contributed by atoms with van der Waals surface area (Å²) >= 11 is 0. The molecule has 0 aromatic carbocycles. The Labute approximate surface area is 109 Å². The van der Waals surface area contributed by atoms with Crippen molar-refractivity contribution in [1.29, 1.82) is 0 Å². The van der Waals surface area contributed by atoms with Crippen LogP contribution < -0.4 is 0 Å². The summed E-state index contributed by atoms with van der Waals surface area (Å²) in [6.45, 7) is 5.52. The van der Waals surface area contributed by atoms with Crippen molar-refractivity contribution in [2.24, 2.45) is 5.41 Å². The van der Waals surface area contributed by atoms with E-state index in [1.54, 1.807) is 0 Å². The molecule has 17 heavy (non-hydrogen) atoms. The number of aliphatic carboxylic acids is 1. The highest BCUT2D eigenvalue weighted by Crippen LogP contribution is 2.40. The van der Waals surface area contributed by atoms with Gasteiger partial charge in [-0.25, -0.2) is 0 Å². The molecule has 0 radical (unpaired) electrons. The first-order valence-electron chi connectivity index (χ1n) is 6.21. The van der Waals surface area contributed by atoms with E-state index < -0.39 is 5.97 Å². The molecule has 1 N–H and O–H groups in total. The van der Waals surface area contributed by atoms with E-state index in [0.29, 0.717) is 11.8 Å². The van der Waals surface area contributed by atoms with Crippen LogP contribution in [0.5, 0.6) is 0 Å². The standard InChI is InChI=1S/C12H21NO3.ClH/c1-2-10(11(14)15)13-6-3-12(9-13)4-7-16-8-5-12;/h10H,2-9H2,1H3,(H,14,15);1H. The predicted molar refractivity (Wildman–Crippen MR) is 67.6 cm³/mol. The maximum atomic E-state index is 11.1. The fourth-order valence-corrected chi connectivity index (χ4v) is 3.04. The molecule has 2 saturated heterocycles. The Hall–Kier alpha value is -0.320. The zero-order valence-electron chi connectivity index (χ0n) is 10.4. The topological polar surface area (TPSA) is 49.8 Å². The van der Waals surface area contributed by atoms with Crippen LogP contribution in [0.25, 0.3) is 0 Å². The van der Waals surface area contributed by atoms with E-state index in [4.69, 9.17) is 9.84 Å². The summed E-state index contributed by atoms with van der Waals surface area (Å²) < 4.78 is 5.39. The monoisotopic (exact) mass is 263 g/mol. The van der Waals surface area contributed by atoms with Crippen LogP contribution in [-0.2, 0) is 9.53 Å². The number of likely N-dealkylation sites (tertiary alicyclic amines) is 1. The third-order valence-corrected chi connectivity index (χ3v) is 4.13. The molecule has 2 rings (SSSR count). The van der Waals surface area contributed by atoms with Gasteiger partial charge >= 0.3 is 5.97 Å². The SMILES string of the molecule is CCC(C(=O)O)N1CCC2(CCOCC2)C1.Cl. The molecule has 2 fully saturated rings. The minimum atomic E-state index is -0.674. The largest absolute Gasteiger partial charge is 0.480 e. The number of ether oxygens (including phenoxy) is 1. The summed E-state index contributed by atoms with van der Waals surface area (Å²) in [7, 11) is 0. The fourth-order valence-electron chi connectivity index (χ4n) is 3.04. The van der Waals surface area contributed by atoms with Crippen molar-refractivity contribution in [2.75, 3.05) is 26.3 Å². The maximum Gasteiger partial charge on any atom is 0.320 e. The summed E-state index contributed by atoms with van der Waals surface area (Å²) in [5.41, 5.74) is 0.348. The van der Waals surface area contributed by atoms with Gasteiger partial charge in [0, 0.05) is 19.8 Å². The first kappa shape index (κ1) is 14.7. The smallest absolute Gasteiger partial charge is 0.320 e. The Morgan fingerprint density at radius 1 is 1.41 bits per heavy atom. The van der Waals surface area contributed by atoms with Crippen LogP contribution in [0.3, 0.4) is 0 Å². The lowest BCUT2D eigenvalue weighted by molar-refractivity contribution is -0.143. The fraction of sp³-hybridized carbons (Fsp3) is 0.917.